The number of benzene rings is 1. The van der Waals surface area contributed by atoms with Gasteiger partial charge in [0.2, 0.25) is 0 Å². The minimum Gasteiger partial charge on any atom is -0.475 e. The van der Waals surface area contributed by atoms with Crippen LogP contribution in [0.15, 0.2) is 60.9 Å². The van der Waals surface area contributed by atoms with Crippen LogP contribution in [0.1, 0.15) is 58.9 Å². The topological polar surface area (TPSA) is 161 Å². The zero-order chi connectivity index (χ0) is 35.2. The second kappa shape index (κ2) is 14.7. The molecule has 0 bridgehead atoms. The first-order chi connectivity index (χ1) is 23.3. The van der Waals surface area contributed by atoms with Gasteiger partial charge in [0.15, 0.2) is 11.3 Å². The van der Waals surface area contributed by atoms with Gasteiger partial charge < -0.3 is 20.1 Å². The molecule has 0 spiro atoms. The van der Waals surface area contributed by atoms with Gasteiger partial charge in [-0.1, -0.05) is 23.4 Å². The third kappa shape index (κ3) is 9.74. The quantitative estimate of drug-likeness (QED) is 0.112. The van der Waals surface area contributed by atoms with Gasteiger partial charge in [-0.05, 0) is 79.5 Å². The number of nitrogens with zero attached hydrogens (tertiary/aromatic N) is 6. The van der Waals surface area contributed by atoms with E-state index in [0.717, 1.165) is 60.2 Å². The lowest BCUT2D eigenvalue weighted by Gasteiger charge is -2.10. The zero-order valence-electron chi connectivity index (χ0n) is 25.4. The summed E-state index contributed by atoms with van der Waals surface area (Å²) in [5, 5.41) is 27.7. The molecule has 0 unspecified atom stereocenters. The van der Waals surface area contributed by atoms with Crippen molar-refractivity contribution in [3.05, 3.63) is 83.4 Å². The number of carbonyl (C=O) groups excluding carboxylic acids is 1. The van der Waals surface area contributed by atoms with Crippen LogP contribution in [-0.4, -0.2) is 64.7 Å². The smallest absolute Gasteiger partial charge is 0.475 e. The maximum atomic E-state index is 12.5. The van der Waals surface area contributed by atoms with Gasteiger partial charge in [-0.15, -0.1) is 23.4 Å². The van der Waals surface area contributed by atoms with Crippen LogP contribution in [0.4, 0.5) is 26.3 Å². The van der Waals surface area contributed by atoms with E-state index < -0.39 is 24.4 Å². The predicted octanol–water partition coefficient (Wildman–Crippen LogP) is 5.97. The Bertz CT molecular complexity index is 1910. The van der Waals surface area contributed by atoms with E-state index in [4.69, 9.17) is 9.90 Å². The third-order valence-electron chi connectivity index (χ3n) is 7.22. The number of alkyl halides is 6. The molecule has 4 aromatic heterocycles. The molecule has 49 heavy (non-hydrogen) atoms. The highest BCUT2D eigenvalue weighted by Crippen LogP contribution is 2.47. The number of unbranched alkanes of at least 4 members (excludes halogenated alkanes) is 1. The van der Waals surface area contributed by atoms with Gasteiger partial charge in [0, 0.05) is 24.7 Å². The SMILES string of the molecule is O=C(NCc1cccc(OC(F)(F)F)c1)c1cn(CCCCc2cc3c(C4CC4)c(-c4ccccn4)[nH]c3nn2)nn1.O=C(O)C(F)(F)F. The molecule has 5 aromatic rings. The summed E-state index contributed by atoms with van der Waals surface area (Å²) in [6, 6.07) is 13.4. The van der Waals surface area contributed by atoms with Gasteiger partial charge in [0.25, 0.3) is 5.91 Å². The molecule has 12 nitrogen and oxygen atoms in total. The maximum absolute atomic E-state index is 12.5. The van der Waals surface area contributed by atoms with Crippen LogP contribution in [0.25, 0.3) is 22.4 Å². The van der Waals surface area contributed by atoms with E-state index in [2.05, 4.69) is 46.6 Å². The van der Waals surface area contributed by atoms with Crippen molar-refractivity contribution in [2.45, 2.75) is 63.7 Å². The third-order valence-corrected chi connectivity index (χ3v) is 7.22. The van der Waals surface area contributed by atoms with Crippen LogP contribution in [0.3, 0.4) is 0 Å². The minimum atomic E-state index is -5.08. The molecule has 1 aliphatic carbocycles. The molecule has 1 amide bonds. The van der Waals surface area contributed by atoms with Gasteiger partial charge in [-0.3, -0.25) is 14.5 Å². The lowest BCUT2D eigenvalue weighted by atomic mass is 10.0. The van der Waals surface area contributed by atoms with Gasteiger partial charge in [0.1, 0.15) is 5.75 Å². The molecular weight excluding hydrogens is 662 g/mol. The van der Waals surface area contributed by atoms with Crippen LogP contribution >= 0.6 is 0 Å². The maximum Gasteiger partial charge on any atom is 0.573 e. The molecule has 0 saturated heterocycles. The second-order valence-corrected chi connectivity index (χ2v) is 11.0. The minimum absolute atomic E-state index is 0.0130. The number of aliphatic carboxylic acids is 1. The molecular formula is C31H28F6N8O4. The number of ether oxygens (including phenoxy) is 1. The lowest BCUT2D eigenvalue weighted by molar-refractivity contribution is -0.274. The molecule has 18 heteroatoms. The van der Waals surface area contributed by atoms with E-state index in [9.17, 15) is 31.1 Å². The number of aromatic amines is 1. The average Bonchev–Trinajstić information content (AvgIpc) is 3.64. The summed E-state index contributed by atoms with van der Waals surface area (Å²) in [6.45, 7) is 0.577. The molecule has 0 atom stereocenters. The molecule has 3 N–H and O–H groups in total. The fraction of sp³-hybridized carbons (Fsp3) is 0.323. The van der Waals surface area contributed by atoms with Gasteiger partial charge in [-0.25, -0.2) is 4.79 Å². The molecule has 1 aromatic carbocycles. The van der Waals surface area contributed by atoms with E-state index in [1.165, 1.54) is 23.8 Å². The molecule has 1 saturated carbocycles. The van der Waals surface area contributed by atoms with Crippen LogP contribution in [0.2, 0.25) is 0 Å². The van der Waals surface area contributed by atoms with E-state index in [1.54, 1.807) is 23.1 Å². The number of halogens is 6. The summed E-state index contributed by atoms with van der Waals surface area (Å²) in [5.41, 5.74) is 5.47. The van der Waals surface area contributed by atoms with Crippen LogP contribution in [0.5, 0.6) is 5.75 Å². The summed E-state index contributed by atoms with van der Waals surface area (Å²) >= 11 is 0. The largest absolute Gasteiger partial charge is 0.573 e. The highest BCUT2D eigenvalue weighted by Gasteiger charge is 2.38. The number of hydrogen-bond donors (Lipinski definition) is 3. The van der Waals surface area contributed by atoms with Gasteiger partial charge in [0.05, 0.1) is 23.3 Å². The van der Waals surface area contributed by atoms with Crippen LogP contribution in [-0.2, 0) is 24.3 Å². The Morgan fingerprint density at radius 3 is 2.45 bits per heavy atom. The summed E-state index contributed by atoms with van der Waals surface area (Å²) in [6.07, 6.45) is -1.83. The van der Waals surface area contributed by atoms with Crippen molar-refractivity contribution in [3.63, 3.8) is 0 Å². The van der Waals surface area contributed by atoms with E-state index >= 15 is 0 Å². The van der Waals surface area contributed by atoms with Crippen LogP contribution < -0.4 is 10.1 Å². The molecule has 6 rings (SSSR count). The summed E-state index contributed by atoms with van der Waals surface area (Å²) in [5.74, 6) is -3.07. The van der Waals surface area contributed by atoms with Crippen LogP contribution in [0, 0.1) is 0 Å². The monoisotopic (exact) mass is 690 g/mol. The van der Waals surface area contributed by atoms with Crippen molar-refractivity contribution in [3.8, 4) is 17.1 Å². The number of fused-ring (bicyclic) bond motifs is 1. The molecule has 4 heterocycles. The first-order valence-corrected chi connectivity index (χ1v) is 14.9. The number of rotatable bonds is 11. The average molecular weight is 691 g/mol. The number of pyridine rings is 1. The number of H-pyrrole nitrogens is 1. The zero-order valence-corrected chi connectivity index (χ0v) is 25.4. The highest BCUT2D eigenvalue weighted by atomic mass is 19.4. The first-order valence-electron chi connectivity index (χ1n) is 14.9. The number of carboxylic acids is 1. The Hall–Kier alpha value is -5.55. The number of aromatic nitrogens is 7. The summed E-state index contributed by atoms with van der Waals surface area (Å²) in [7, 11) is 0. The number of carbonyl (C=O) groups is 2. The van der Waals surface area contributed by atoms with E-state index in [0.29, 0.717) is 18.0 Å². The Kier molecular flexibility index (Phi) is 10.4. The fourth-order valence-electron chi connectivity index (χ4n) is 4.90. The number of amides is 1. The van der Waals surface area contributed by atoms with Gasteiger partial charge >= 0.3 is 18.5 Å². The van der Waals surface area contributed by atoms with Crippen molar-refractivity contribution < 1.29 is 45.8 Å². The molecule has 0 radical (unpaired) electrons. The van der Waals surface area contributed by atoms with Crippen molar-refractivity contribution in [2.24, 2.45) is 0 Å². The normalized spacial score (nSPS) is 13.1. The molecule has 1 fully saturated rings. The van der Waals surface area contributed by atoms with Crippen molar-refractivity contribution in [1.82, 2.24) is 40.5 Å². The summed E-state index contributed by atoms with van der Waals surface area (Å²) < 4.78 is 74.6. The van der Waals surface area contributed by atoms with E-state index in [1.807, 2.05) is 18.2 Å². The van der Waals surface area contributed by atoms with Crippen molar-refractivity contribution in [2.75, 3.05) is 0 Å². The molecule has 1 aliphatic rings. The lowest BCUT2D eigenvalue weighted by Crippen LogP contribution is -2.23. The first kappa shape index (κ1) is 34.8. The highest BCUT2D eigenvalue weighted by molar-refractivity contribution is 5.91. The predicted molar refractivity (Wildman–Crippen MR) is 160 cm³/mol. The Morgan fingerprint density at radius 1 is 1.00 bits per heavy atom. The Labute approximate surface area is 273 Å². The number of nitrogens with one attached hydrogen (secondary N) is 2. The number of aryl methyl sites for hydroxylation is 2. The van der Waals surface area contributed by atoms with Gasteiger partial charge in [-0.2, -0.15) is 18.3 Å². The Balaban J connectivity index is 0.000000606. The molecule has 258 valence electrons. The van der Waals surface area contributed by atoms with E-state index in [-0.39, 0.29) is 18.0 Å². The second-order valence-electron chi connectivity index (χ2n) is 11.0. The summed E-state index contributed by atoms with van der Waals surface area (Å²) in [4.78, 5) is 29.3. The fourth-order valence-corrected chi connectivity index (χ4v) is 4.90. The standard InChI is InChI=1S/C29H27F3N8O2.C2HF3O2/c30-29(31,32)42-21-8-5-6-18(14-21)16-34-28(41)24-17-40(39-37-24)13-4-2-7-20-15-22-25(19-10-11-19)26(35-27(22)38-36-20)23-9-1-3-12-33-23;3-2(4,5)1(6)7/h1,3,5-6,8-9,12,14-15,17,19H,2,4,7,10-11,13,16H2,(H,34,41)(H,35,38);(H,6,7). The number of hydrogen-bond acceptors (Lipinski definition) is 8. The molecule has 0 aliphatic heterocycles. The number of carboxylic acid groups (broad SMARTS) is 1. The van der Waals surface area contributed by atoms with Crippen molar-refractivity contribution in [1.29, 1.82) is 0 Å². The van der Waals surface area contributed by atoms with Crippen molar-refractivity contribution >= 4 is 22.9 Å². The Morgan fingerprint density at radius 2 is 1.78 bits per heavy atom.